The molecule has 2 aliphatic carbocycles. The fraction of sp³-hybridized carbons (Fsp3) is 0.387. The van der Waals surface area contributed by atoms with Gasteiger partial charge in [-0.3, -0.25) is 0 Å². The van der Waals surface area contributed by atoms with E-state index in [1.165, 1.54) is 59.4 Å². The molecular formula is C62H69BN2S. The topological polar surface area (TPSA) is 6.48 Å². The Morgan fingerprint density at radius 1 is 0.515 bits per heavy atom. The number of thiophene rings is 1. The molecule has 0 fully saturated rings. The number of benzene rings is 6. The van der Waals surface area contributed by atoms with Crippen LogP contribution in [-0.4, -0.2) is 6.71 Å². The first-order valence-corrected chi connectivity index (χ1v) is 25.2. The summed E-state index contributed by atoms with van der Waals surface area (Å²) >= 11 is 1.94. The van der Waals surface area contributed by atoms with Crippen LogP contribution in [0.2, 0.25) is 0 Å². The van der Waals surface area contributed by atoms with Crippen LogP contribution in [0.1, 0.15) is 163 Å². The molecule has 4 aliphatic rings. The van der Waals surface area contributed by atoms with Crippen LogP contribution in [0.5, 0.6) is 0 Å². The highest BCUT2D eigenvalue weighted by Crippen LogP contribution is 2.55. The highest BCUT2D eigenvalue weighted by Gasteiger charge is 2.48. The number of nitrogens with zero attached hydrogens (tertiary/aromatic N) is 2. The van der Waals surface area contributed by atoms with Crippen LogP contribution in [0, 0.1) is 0 Å². The minimum atomic E-state index is -0.391. The molecule has 0 saturated heterocycles. The van der Waals surface area contributed by atoms with Crippen LogP contribution < -0.4 is 25.5 Å². The van der Waals surface area contributed by atoms with Gasteiger partial charge in [0.2, 0.25) is 0 Å². The summed E-state index contributed by atoms with van der Waals surface area (Å²) in [4.78, 5) is 4.91. The van der Waals surface area contributed by atoms with E-state index in [1.807, 2.05) is 11.3 Å². The number of fused-ring (bicyclic) bond motifs is 8. The van der Waals surface area contributed by atoms with Crippen LogP contribution in [-0.2, 0) is 32.5 Å². The first-order valence-electron chi connectivity index (χ1n) is 26.9. The molecule has 0 saturated carbocycles. The Labute approximate surface area is 407 Å². The van der Waals surface area contributed by atoms with Crippen molar-refractivity contribution in [3.8, 4) is 11.1 Å². The summed E-state index contributed by atoms with van der Waals surface area (Å²) in [7, 11) is 0. The molecule has 0 radical (unpaired) electrons. The second-order valence-electron chi connectivity index (χ2n) is 24.8. The first kappa shape index (κ1) is 38.0. The maximum Gasteiger partial charge on any atom is 0.264 e. The van der Waals surface area contributed by atoms with E-state index < -0.39 is 6.04 Å². The lowest BCUT2D eigenvalue weighted by atomic mass is 9.36. The van der Waals surface area contributed by atoms with Gasteiger partial charge in [0.05, 0.1) is 12.5 Å². The van der Waals surface area contributed by atoms with Gasteiger partial charge in [-0.1, -0.05) is 157 Å². The number of hydrogen-bond donors (Lipinski definition) is 0. The van der Waals surface area contributed by atoms with E-state index in [0.29, 0.717) is 5.56 Å². The lowest BCUT2D eigenvalue weighted by molar-refractivity contribution is 0.332. The molecule has 1 aromatic heterocycles. The zero-order valence-electron chi connectivity index (χ0n) is 46.8. The van der Waals surface area contributed by atoms with E-state index in [4.69, 9.17) is 4.11 Å². The van der Waals surface area contributed by atoms with Crippen molar-refractivity contribution in [3.05, 3.63) is 149 Å². The molecule has 66 heavy (non-hydrogen) atoms. The summed E-state index contributed by atoms with van der Waals surface area (Å²) in [5.41, 5.74) is 17.4. The fourth-order valence-electron chi connectivity index (χ4n) is 11.9. The van der Waals surface area contributed by atoms with Crippen LogP contribution in [0.25, 0.3) is 21.2 Å². The third kappa shape index (κ3) is 6.62. The molecule has 4 heteroatoms. The Morgan fingerprint density at radius 3 is 1.65 bits per heavy atom. The highest BCUT2D eigenvalue weighted by atomic mass is 32.1. The third-order valence-corrected chi connectivity index (χ3v) is 17.6. The predicted octanol–water partition coefficient (Wildman–Crippen LogP) is 15.9. The Kier molecular flexibility index (Phi) is 8.19. The van der Waals surface area contributed by atoms with Crippen LogP contribution in [0.3, 0.4) is 0 Å². The molecule has 2 aliphatic heterocycles. The zero-order valence-corrected chi connectivity index (χ0v) is 42.6. The van der Waals surface area contributed by atoms with Crippen molar-refractivity contribution in [2.24, 2.45) is 0 Å². The van der Waals surface area contributed by atoms with Gasteiger partial charge >= 0.3 is 0 Å². The van der Waals surface area contributed by atoms with Crippen molar-refractivity contribution in [3.63, 3.8) is 0 Å². The summed E-state index contributed by atoms with van der Waals surface area (Å²) < 4.78 is 48.0. The molecular weight excluding hydrogens is 816 g/mol. The fourth-order valence-corrected chi connectivity index (χ4v) is 13.3. The van der Waals surface area contributed by atoms with E-state index in [1.54, 1.807) is 0 Å². The van der Waals surface area contributed by atoms with Gasteiger partial charge in [-0.15, -0.1) is 11.3 Å². The third-order valence-electron chi connectivity index (χ3n) is 16.4. The Hall–Kier alpha value is -5.06. The molecule has 11 rings (SSSR count). The summed E-state index contributed by atoms with van der Waals surface area (Å²) in [6.07, 6.45) is 4.43. The Balaban J connectivity index is 1.33. The molecule has 336 valence electrons. The van der Waals surface area contributed by atoms with Crippen molar-refractivity contribution in [2.45, 2.75) is 155 Å². The zero-order chi connectivity index (χ0) is 51.0. The molecule has 3 heterocycles. The van der Waals surface area contributed by atoms with E-state index in [9.17, 15) is 2.74 Å². The van der Waals surface area contributed by atoms with Gasteiger partial charge in [0, 0.05) is 43.3 Å². The lowest BCUT2D eigenvalue weighted by Crippen LogP contribution is -2.60. The molecule has 0 bridgehead atoms. The largest absolute Gasteiger partial charge is 0.311 e. The number of anilines is 6. The molecule has 7 aromatic rings. The number of hydrogen-bond acceptors (Lipinski definition) is 3. The highest BCUT2D eigenvalue weighted by molar-refractivity contribution is 7.33. The van der Waals surface area contributed by atoms with Crippen LogP contribution in [0.4, 0.5) is 34.1 Å². The van der Waals surface area contributed by atoms with E-state index >= 15 is 0 Å². The normalized spacial score (nSPS) is 19.7. The minimum Gasteiger partial charge on any atom is -0.311 e. The van der Waals surface area contributed by atoms with Crippen LogP contribution in [0.15, 0.2) is 115 Å². The van der Waals surface area contributed by atoms with E-state index in [-0.39, 0.29) is 68.9 Å². The van der Waals surface area contributed by atoms with Crippen molar-refractivity contribution >= 4 is 78.0 Å². The van der Waals surface area contributed by atoms with Crippen molar-refractivity contribution in [2.75, 3.05) is 9.80 Å². The Morgan fingerprint density at radius 2 is 1.05 bits per heavy atom. The molecule has 0 spiro atoms. The van der Waals surface area contributed by atoms with Gasteiger partial charge in [-0.2, -0.15) is 0 Å². The lowest BCUT2D eigenvalue weighted by Gasteiger charge is -2.45. The molecule has 0 amide bonds. The van der Waals surface area contributed by atoms with E-state index in [2.05, 4.69) is 192 Å². The van der Waals surface area contributed by atoms with Gasteiger partial charge in [-0.25, -0.2) is 0 Å². The smallest absolute Gasteiger partial charge is 0.264 e. The number of rotatable bonds is 3. The van der Waals surface area contributed by atoms with Crippen molar-refractivity contribution in [1.29, 1.82) is 0 Å². The quantitative estimate of drug-likeness (QED) is 0.163. The standard InChI is InChI=1S/C62H69BN2S/c1-57(2,3)40-20-23-42(24-21-40)64-50-27-22-41(58(4,5)6)34-49(50)63-54-51(64)32-39(38-18-16-15-17-19-38)33-52(54)65(43-25-26-45-46(35-43)60(9,10)29-28-59(45,7)8)55-44-36-47-48(37-53(44)66-56(55)63)62(13,14)31-30-61(47,11)12/h15-27,32-37H,28-31H2,1-14H3/i15D,16D,17D,18D,19D. The maximum atomic E-state index is 9.45. The average molecular weight is 890 g/mol. The van der Waals surface area contributed by atoms with Gasteiger partial charge in [-0.05, 0) is 168 Å². The molecule has 0 N–H and O–H groups in total. The van der Waals surface area contributed by atoms with E-state index in [0.717, 1.165) is 59.6 Å². The molecule has 6 aromatic carbocycles. The SMILES string of the molecule is [2H]c1c([2H])c([2H])c(-c2cc3c4c(c2)N(c2ccc5c(c2)C(C)(C)CCC5(C)C)c2c(sc5cc6c(cc25)C(C)(C)CCC6(C)C)B4c2cc(C(C)(C)C)ccc2N3c2ccc(C(C)(C)C)cc2)c([2H])c1[2H]. The molecule has 0 unspecified atom stereocenters. The van der Waals surface area contributed by atoms with Gasteiger partial charge < -0.3 is 9.80 Å². The summed E-state index contributed by atoms with van der Waals surface area (Å²) in [6.45, 7) is 32.7. The Bertz CT molecular complexity index is 3390. The second-order valence-corrected chi connectivity index (χ2v) is 25.9. The monoisotopic (exact) mass is 890 g/mol. The first-order chi connectivity index (χ1) is 33.0. The van der Waals surface area contributed by atoms with Crippen LogP contribution >= 0.6 is 11.3 Å². The minimum absolute atomic E-state index is 0.0177. The predicted molar refractivity (Wildman–Crippen MR) is 289 cm³/mol. The summed E-state index contributed by atoms with van der Waals surface area (Å²) in [5, 5.41) is 1.24. The molecule has 2 nitrogen and oxygen atoms in total. The van der Waals surface area contributed by atoms with Gasteiger partial charge in [0.15, 0.2) is 0 Å². The molecule has 0 atom stereocenters. The average Bonchev–Trinajstić information content (AvgIpc) is 3.67. The second kappa shape index (κ2) is 14.2. The summed E-state index contributed by atoms with van der Waals surface area (Å²) in [6, 6.07) is 31.1. The van der Waals surface area contributed by atoms with Crippen molar-refractivity contribution in [1.82, 2.24) is 0 Å². The van der Waals surface area contributed by atoms with Crippen molar-refractivity contribution < 1.29 is 6.85 Å². The maximum absolute atomic E-state index is 9.45. The summed E-state index contributed by atoms with van der Waals surface area (Å²) in [5.74, 6) is 0. The van der Waals surface area contributed by atoms with Gasteiger partial charge in [0.25, 0.3) is 6.71 Å². The van der Waals surface area contributed by atoms with Gasteiger partial charge in [0.1, 0.15) is 0 Å².